The van der Waals surface area contributed by atoms with E-state index in [1.165, 1.54) is 24.4 Å². The summed E-state index contributed by atoms with van der Waals surface area (Å²) in [5.41, 5.74) is 6.94. The van der Waals surface area contributed by atoms with Gasteiger partial charge in [0.2, 0.25) is 0 Å². The highest BCUT2D eigenvalue weighted by molar-refractivity contribution is 5.85. The monoisotopic (exact) mass is 262 g/mol. The Morgan fingerprint density at radius 1 is 1.68 bits per heavy atom. The molecule has 0 aliphatic rings. The maximum Gasteiger partial charge on any atom is 0.332 e. The third-order valence-electron chi connectivity index (χ3n) is 1.89. The molecule has 0 aliphatic heterocycles. The third-order valence-corrected chi connectivity index (χ3v) is 1.89. The Morgan fingerprint density at radius 3 is 3.00 bits per heavy atom. The predicted molar refractivity (Wildman–Crippen MR) is 67.7 cm³/mol. The number of nitrogens with one attached hydrogen (secondary N) is 1. The first-order valence-electron chi connectivity index (χ1n) is 4.98. The van der Waals surface area contributed by atoms with Crippen LogP contribution in [0.1, 0.15) is 5.56 Å². The van der Waals surface area contributed by atoms with Gasteiger partial charge in [0.1, 0.15) is 12.4 Å². The molecule has 0 fully saturated rings. The number of rotatable bonds is 5. The Labute approximate surface area is 108 Å². The largest absolute Gasteiger partial charge is 0.480 e. The van der Waals surface area contributed by atoms with Crippen molar-refractivity contribution in [3.63, 3.8) is 0 Å². The molecule has 1 aromatic rings. The molecule has 3 N–H and O–H groups in total. The number of hydrogen-bond donors (Lipinski definition) is 2. The highest BCUT2D eigenvalue weighted by Gasteiger charge is 2.10. The third kappa shape index (κ3) is 4.35. The van der Waals surface area contributed by atoms with Crippen LogP contribution in [0, 0.1) is 22.5 Å². The van der Waals surface area contributed by atoms with Crippen LogP contribution in [0.3, 0.4) is 0 Å². The van der Waals surface area contributed by atoms with E-state index in [0.29, 0.717) is 11.3 Å². The van der Waals surface area contributed by atoms with Crippen LogP contribution in [0.15, 0.2) is 23.3 Å². The molecule has 0 heterocycles. The molecule has 2 amide bonds. The van der Waals surface area contributed by atoms with Crippen molar-refractivity contribution in [1.82, 2.24) is 5.43 Å². The maximum absolute atomic E-state index is 10.7. The first-order valence-corrected chi connectivity index (χ1v) is 4.98. The molecule has 0 saturated heterocycles. The number of hydrazone groups is 1. The summed E-state index contributed by atoms with van der Waals surface area (Å²) in [6.45, 7) is 0.00188. The van der Waals surface area contributed by atoms with Gasteiger partial charge >= 0.3 is 6.03 Å². The number of nitro groups is 1. The molecule has 8 nitrogen and oxygen atoms in total. The summed E-state index contributed by atoms with van der Waals surface area (Å²) in [6, 6.07) is 3.04. The van der Waals surface area contributed by atoms with Crippen LogP contribution in [-0.4, -0.2) is 23.8 Å². The van der Waals surface area contributed by atoms with E-state index >= 15 is 0 Å². The molecule has 0 aliphatic carbocycles. The number of carbonyl (C=O) groups is 1. The standard InChI is InChI=1S/C11H10N4O4/c1-2-5-19-10-4-3-9(15(17)18)6-8(10)7-13-14-11(12)16/h1,3-4,6-7H,5H2,(H3,12,14,16)/b13-7+. The fraction of sp³-hybridized carbons (Fsp3) is 0.0909. The zero-order chi connectivity index (χ0) is 14.3. The lowest BCUT2D eigenvalue weighted by atomic mass is 10.2. The molecular formula is C11H10N4O4. The van der Waals surface area contributed by atoms with Gasteiger partial charge in [-0.25, -0.2) is 10.2 Å². The Balaban J connectivity index is 3.03. The van der Waals surface area contributed by atoms with Crippen molar-refractivity contribution >= 4 is 17.9 Å². The van der Waals surface area contributed by atoms with E-state index < -0.39 is 11.0 Å². The second-order valence-electron chi connectivity index (χ2n) is 3.21. The van der Waals surface area contributed by atoms with Crippen LogP contribution in [0.5, 0.6) is 5.75 Å². The van der Waals surface area contributed by atoms with E-state index in [1.807, 2.05) is 5.43 Å². The van der Waals surface area contributed by atoms with E-state index in [9.17, 15) is 14.9 Å². The summed E-state index contributed by atoms with van der Waals surface area (Å²) >= 11 is 0. The number of nitro benzene ring substituents is 1. The van der Waals surface area contributed by atoms with Gasteiger partial charge in [-0.3, -0.25) is 10.1 Å². The molecule has 1 aromatic carbocycles. The minimum absolute atomic E-state index is 0.00188. The number of carbonyl (C=O) groups excluding carboxylic acids is 1. The molecule has 98 valence electrons. The zero-order valence-electron chi connectivity index (χ0n) is 9.70. The van der Waals surface area contributed by atoms with Gasteiger partial charge < -0.3 is 10.5 Å². The summed E-state index contributed by atoms with van der Waals surface area (Å²) < 4.78 is 5.18. The SMILES string of the molecule is C#CCOc1ccc([N+](=O)[O-])cc1/C=N/NC(N)=O. The van der Waals surface area contributed by atoms with Gasteiger partial charge in [-0.05, 0) is 6.07 Å². The van der Waals surface area contributed by atoms with Crippen LogP contribution in [0.4, 0.5) is 10.5 Å². The number of urea groups is 1. The van der Waals surface area contributed by atoms with Gasteiger partial charge in [0, 0.05) is 17.7 Å². The lowest BCUT2D eigenvalue weighted by molar-refractivity contribution is -0.384. The highest BCUT2D eigenvalue weighted by Crippen LogP contribution is 2.22. The zero-order valence-corrected chi connectivity index (χ0v) is 9.70. The predicted octanol–water partition coefficient (Wildman–Crippen LogP) is 0.609. The number of hydrogen-bond acceptors (Lipinski definition) is 5. The van der Waals surface area contributed by atoms with Crippen molar-refractivity contribution < 1.29 is 14.5 Å². The molecule has 0 atom stereocenters. The van der Waals surface area contributed by atoms with Gasteiger partial charge in [-0.2, -0.15) is 5.10 Å². The second-order valence-corrected chi connectivity index (χ2v) is 3.21. The Morgan fingerprint density at radius 2 is 2.42 bits per heavy atom. The average molecular weight is 262 g/mol. The van der Waals surface area contributed by atoms with Gasteiger partial charge in [-0.1, -0.05) is 5.92 Å². The fourth-order valence-corrected chi connectivity index (χ4v) is 1.17. The Bertz CT molecular complexity index is 562. The molecule has 0 aromatic heterocycles. The summed E-state index contributed by atoms with van der Waals surface area (Å²) in [5, 5.41) is 14.2. The van der Waals surface area contributed by atoms with E-state index in [4.69, 9.17) is 16.9 Å². The van der Waals surface area contributed by atoms with Crippen LogP contribution < -0.4 is 15.9 Å². The lowest BCUT2D eigenvalue weighted by Crippen LogP contribution is -2.24. The number of nitrogens with two attached hydrogens (primary N) is 1. The normalized spacial score (nSPS) is 9.84. The summed E-state index contributed by atoms with van der Waals surface area (Å²) in [5.74, 6) is 2.57. The van der Waals surface area contributed by atoms with E-state index in [0.717, 1.165) is 0 Å². The van der Waals surface area contributed by atoms with Gasteiger partial charge in [0.25, 0.3) is 5.69 Å². The molecule has 8 heteroatoms. The van der Waals surface area contributed by atoms with Crippen LogP contribution in [-0.2, 0) is 0 Å². The van der Waals surface area contributed by atoms with E-state index in [-0.39, 0.29) is 12.3 Å². The van der Waals surface area contributed by atoms with Crippen LogP contribution >= 0.6 is 0 Å². The number of non-ortho nitro benzene ring substituents is 1. The summed E-state index contributed by atoms with van der Waals surface area (Å²) in [7, 11) is 0. The molecule has 19 heavy (non-hydrogen) atoms. The molecule has 0 bridgehead atoms. The Kier molecular flexibility index (Phi) is 4.86. The summed E-state index contributed by atoms with van der Waals surface area (Å²) in [6.07, 6.45) is 6.22. The number of terminal acetylenes is 1. The second kappa shape index (κ2) is 6.61. The molecule has 0 unspecified atom stereocenters. The van der Waals surface area contributed by atoms with Crippen LogP contribution in [0.2, 0.25) is 0 Å². The first-order chi connectivity index (χ1) is 9.04. The minimum atomic E-state index is -0.854. The van der Waals surface area contributed by atoms with Crippen molar-refractivity contribution in [2.45, 2.75) is 0 Å². The molecule has 0 saturated carbocycles. The van der Waals surface area contributed by atoms with Crippen molar-refractivity contribution in [2.75, 3.05) is 6.61 Å². The van der Waals surface area contributed by atoms with Crippen molar-refractivity contribution in [3.8, 4) is 18.1 Å². The first kappa shape index (κ1) is 14.0. The van der Waals surface area contributed by atoms with Gasteiger partial charge in [0.15, 0.2) is 0 Å². The minimum Gasteiger partial charge on any atom is -0.480 e. The maximum atomic E-state index is 10.7. The quantitative estimate of drug-likeness (QED) is 0.349. The topological polar surface area (TPSA) is 120 Å². The summed E-state index contributed by atoms with van der Waals surface area (Å²) in [4.78, 5) is 20.5. The number of nitrogens with zero attached hydrogens (tertiary/aromatic N) is 2. The van der Waals surface area contributed by atoms with E-state index in [2.05, 4.69) is 11.0 Å². The lowest BCUT2D eigenvalue weighted by Gasteiger charge is -2.05. The van der Waals surface area contributed by atoms with Crippen molar-refractivity contribution in [3.05, 3.63) is 33.9 Å². The number of benzene rings is 1. The van der Waals surface area contributed by atoms with Crippen LogP contribution in [0.25, 0.3) is 0 Å². The number of primary amides is 1. The molecule has 0 radical (unpaired) electrons. The van der Waals surface area contributed by atoms with E-state index in [1.54, 1.807) is 0 Å². The number of amides is 2. The Hall–Kier alpha value is -3.08. The number of ether oxygens (including phenoxy) is 1. The molecule has 0 spiro atoms. The average Bonchev–Trinajstić information content (AvgIpc) is 2.36. The van der Waals surface area contributed by atoms with Gasteiger partial charge in [-0.15, -0.1) is 6.42 Å². The molecule has 1 rings (SSSR count). The van der Waals surface area contributed by atoms with Crippen molar-refractivity contribution in [1.29, 1.82) is 0 Å². The fourth-order valence-electron chi connectivity index (χ4n) is 1.17. The van der Waals surface area contributed by atoms with Gasteiger partial charge in [0.05, 0.1) is 11.1 Å². The van der Waals surface area contributed by atoms with Crippen molar-refractivity contribution in [2.24, 2.45) is 10.8 Å². The highest BCUT2D eigenvalue weighted by atomic mass is 16.6. The molecular weight excluding hydrogens is 252 g/mol. The smallest absolute Gasteiger partial charge is 0.332 e.